The third-order valence-corrected chi connectivity index (χ3v) is 3.36. The highest BCUT2D eigenvalue weighted by Gasteiger charge is 2.21. The summed E-state index contributed by atoms with van der Waals surface area (Å²) in [4.78, 5) is 22.7. The van der Waals surface area contributed by atoms with Gasteiger partial charge in [-0.3, -0.25) is 9.59 Å². The molecule has 0 aromatic heterocycles. The molecule has 0 N–H and O–H groups in total. The highest BCUT2D eigenvalue weighted by Crippen LogP contribution is 2.24. The van der Waals surface area contributed by atoms with E-state index < -0.39 is 0 Å². The Morgan fingerprint density at radius 1 is 1.17 bits per heavy atom. The lowest BCUT2D eigenvalue weighted by Crippen LogP contribution is -2.18. The summed E-state index contributed by atoms with van der Waals surface area (Å²) in [5.74, 6) is 0.494. The summed E-state index contributed by atoms with van der Waals surface area (Å²) in [6.07, 6.45) is 3.35. The minimum absolute atomic E-state index is 0.154. The van der Waals surface area contributed by atoms with Gasteiger partial charge in [0.1, 0.15) is 12.4 Å². The van der Waals surface area contributed by atoms with E-state index in [0.717, 1.165) is 18.4 Å². The zero-order valence-corrected chi connectivity index (χ0v) is 10.4. The fraction of sp³-hybridized carbons (Fsp3) is 0.467. The molecule has 0 unspecified atom stereocenters. The number of carbonyl (C=O) groups is 2. The molecular formula is C15H18O3. The molecule has 1 saturated carbocycles. The van der Waals surface area contributed by atoms with E-state index in [4.69, 9.17) is 4.74 Å². The molecule has 1 aromatic rings. The molecule has 0 heterocycles. The molecule has 0 atom stereocenters. The third kappa shape index (κ3) is 3.99. The third-order valence-electron chi connectivity index (χ3n) is 3.36. The van der Waals surface area contributed by atoms with Crippen LogP contribution in [-0.4, -0.2) is 11.8 Å². The summed E-state index contributed by atoms with van der Waals surface area (Å²) in [5, 5.41) is 0. The van der Waals surface area contributed by atoms with Gasteiger partial charge in [0.25, 0.3) is 0 Å². The van der Waals surface area contributed by atoms with Gasteiger partial charge < -0.3 is 4.74 Å². The van der Waals surface area contributed by atoms with Crippen molar-refractivity contribution in [3.05, 3.63) is 35.9 Å². The normalized spacial score (nSPS) is 16.6. The molecule has 0 amide bonds. The SMILES string of the molecule is O=C1CCC(CC(=O)OCc2ccccc2)CC1. The van der Waals surface area contributed by atoms with Gasteiger partial charge in [-0.25, -0.2) is 0 Å². The van der Waals surface area contributed by atoms with Crippen molar-refractivity contribution in [1.29, 1.82) is 0 Å². The number of carbonyl (C=O) groups excluding carboxylic acids is 2. The second kappa shape index (κ2) is 6.34. The van der Waals surface area contributed by atoms with Crippen LogP contribution in [0.2, 0.25) is 0 Å². The highest BCUT2D eigenvalue weighted by atomic mass is 16.5. The molecule has 0 saturated heterocycles. The smallest absolute Gasteiger partial charge is 0.306 e. The Morgan fingerprint density at radius 3 is 2.50 bits per heavy atom. The van der Waals surface area contributed by atoms with Gasteiger partial charge >= 0.3 is 5.97 Å². The summed E-state index contributed by atoms with van der Waals surface area (Å²) in [6, 6.07) is 9.66. The summed E-state index contributed by atoms with van der Waals surface area (Å²) < 4.78 is 5.23. The van der Waals surface area contributed by atoms with Crippen molar-refractivity contribution in [3.8, 4) is 0 Å². The molecule has 1 aliphatic rings. The van der Waals surface area contributed by atoms with Crippen LogP contribution in [0.25, 0.3) is 0 Å². The van der Waals surface area contributed by atoms with Crippen molar-refractivity contribution in [2.45, 2.75) is 38.7 Å². The lowest BCUT2D eigenvalue weighted by molar-refractivity contribution is -0.146. The Bertz CT molecular complexity index is 401. The van der Waals surface area contributed by atoms with Gasteiger partial charge in [-0.05, 0) is 24.3 Å². The summed E-state index contributed by atoms with van der Waals surface area (Å²) in [7, 11) is 0. The van der Waals surface area contributed by atoms with Crippen molar-refractivity contribution < 1.29 is 14.3 Å². The monoisotopic (exact) mass is 246 g/mol. The Labute approximate surface area is 107 Å². The van der Waals surface area contributed by atoms with Crippen molar-refractivity contribution in [2.75, 3.05) is 0 Å². The van der Waals surface area contributed by atoms with Gasteiger partial charge in [0.05, 0.1) is 0 Å². The number of ketones is 1. The van der Waals surface area contributed by atoms with Crippen LogP contribution in [-0.2, 0) is 20.9 Å². The Hall–Kier alpha value is -1.64. The van der Waals surface area contributed by atoms with E-state index in [9.17, 15) is 9.59 Å². The fourth-order valence-corrected chi connectivity index (χ4v) is 2.24. The molecule has 2 rings (SSSR count). The van der Waals surface area contributed by atoms with Gasteiger partial charge in [-0.15, -0.1) is 0 Å². The van der Waals surface area contributed by atoms with Crippen molar-refractivity contribution in [3.63, 3.8) is 0 Å². The van der Waals surface area contributed by atoms with Crippen LogP contribution < -0.4 is 0 Å². The first-order valence-corrected chi connectivity index (χ1v) is 6.45. The summed E-state index contributed by atoms with van der Waals surface area (Å²) in [6.45, 7) is 0.339. The Balaban J connectivity index is 1.71. The number of Topliss-reactive ketones (excluding diaryl/α,β-unsaturated/α-hetero) is 1. The van der Waals surface area contributed by atoms with Gasteiger partial charge in [-0.2, -0.15) is 0 Å². The van der Waals surface area contributed by atoms with E-state index in [1.165, 1.54) is 0 Å². The number of benzene rings is 1. The molecule has 96 valence electrons. The number of rotatable bonds is 4. The van der Waals surface area contributed by atoms with Crippen LogP contribution in [0.15, 0.2) is 30.3 Å². The number of hydrogen-bond acceptors (Lipinski definition) is 3. The van der Waals surface area contributed by atoms with Crippen LogP contribution in [0.1, 0.15) is 37.7 Å². The predicted octanol–water partition coefficient (Wildman–Crippen LogP) is 2.88. The largest absolute Gasteiger partial charge is 0.461 e. The van der Waals surface area contributed by atoms with Gasteiger partial charge in [0.2, 0.25) is 0 Å². The second-order valence-corrected chi connectivity index (χ2v) is 4.83. The molecule has 0 radical (unpaired) electrons. The minimum atomic E-state index is -0.154. The molecule has 0 aliphatic heterocycles. The van der Waals surface area contributed by atoms with Crippen LogP contribution >= 0.6 is 0 Å². The molecule has 1 aliphatic carbocycles. The fourth-order valence-electron chi connectivity index (χ4n) is 2.24. The van der Waals surface area contributed by atoms with Gasteiger partial charge in [0, 0.05) is 19.3 Å². The minimum Gasteiger partial charge on any atom is -0.461 e. The standard InChI is InChI=1S/C15H18O3/c16-14-8-6-12(7-9-14)10-15(17)18-11-13-4-2-1-3-5-13/h1-5,12H,6-11H2. The first kappa shape index (κ1) is 12.8. The van der Waals surface area contributed by atoms with E-state index in [2.05, 4.69) is 0 Å². The molecule has 0 bridgehead atoms. The lowest BCUT2D eigenvalue weighted by Gasteiger charge is -2.19. The van der Waals surface area contributed by atoms with Gasteiger partial charge in [0.15, 0.2) is 0 Å². The molecule has 0 spiro atoms. The predicted molar refractivity (Wildman–Crippen MR) is 67.8 cm³/mol. The molecule has 3 heteroatoms. The van der Waals surface area contributed by atoms with E-state index in [0.29, 0.717) is 37.6 Å². The zero-order valence-electron chi connectivity index (χ0n) is 10.4. The summed E-state index contributed by atoms with van der Waals surface area (Å²) in [5.41, 5.74) is 1.00. The average molecular weight is 246 g/mol. The van der Waals surface area contributed by atoms with Crippen LogP contribution in [0.4, 0.5) is 0 Å². The van der Waals surface area contributed by atoms with Crippen LogP contribution in [0, 0.1) is 5.92 Å². The first-order chi connectivity index (χ1) is 8.74. The van der Waals surface area contributed by atoms with Crippen LogP contribution in [0.5, 0.6) is 0 Å². The summed E-state index contributed by atoms with van der Waals surface area (Å²) >= 11 is 0. The average Bonchev–Trinajstić information content (AvgIpc) is 2.40. The molecular weight excluding hydrogens is 228 g/mol. The van der Waals surface area contributed by atoms with E-state index in [1.54, 1.807) is 0 Å². The number of hydrogen-bond donors (Lipinski definition) is 0. The van der Waals surface area contributed by atoms with Crippen molar-refractivity contribution in [2.24, 2.45) is 5.92 Å². The molecule has 18 heavy (non-hydrogen) atoms. The maximum atomic E-state index is 11.7. The van der Waals surface area contributed by atoms with E-state index >= 15 is 0 Å². The van der Waals surface area contributed by atoms with Crippen molar-refractivity contribution >= 4 is 11.8 Å². The molecule has 1 fully saturated rings. The van der Waals surface area contributed by atoms with Crippen LogP contribution in [0.3, 0.4) is 0 Å². The Morgan fingerprint density at radius 2 is 1.83 bits per heavy atom. The number of esters is 1. The highest BCUT2D eigenvalue weighted by molar-refractivity contribution is 5.79. The van der Waals surface area contributed by atoms with Crippen molar-refractivity contribution in [1.82, 2.24) is 0 Å². The zero-order chi connectivity index (χ0) is 12.8. The maximum absolute atomic E-state index is 11.7. The maximum Gasteiger partial charge on any atom is 0.306 e. The van der Waals surface area contributed by atoms with E-state index in [1.807, 2.05) is 30.3 Å². The molecule has 1 aromatic carbocycles. The first-order valence-electron chi connectivity index (χ1n) is 6.45. The second-order valence-electron chi connectivity index (χ2n) is 4.83. The topological polar surface area (TPSA) is 43.4 Å². The lowest BCUT2D eigenvalue weighted by atomic mass is 9.86. The van der Waals surface area contributed by atoms with Gasteiger partial charge in [-0.1, -0.05) is 30.3 Å². The van der Waals surface area contributed by atoms with E-state index in [-0.39, 0.29) is 5.97 Å². The Kier molecular flexibility index (Phi) is 4.51. The quantitative estimate of drug-likeness (QED) is 0.767. The molecule has 3 nitrogen and oxygen atoms in total. The number of ether oxygens (including phenoxy) is 1.